The van der Waals surface area contributed by atoms with Gasteiger partial charge in [-0.1, -0.05) is 305 Å². The maximum absolute atomic E-state index is 12.9. The maximum Gasteiger partial charge on any atom is 0.306 e. The molecule has 0 amide bonds. The van der Waals surface area contributed by atoms with Crippen molar-refractivity contribution in [3.8, 4) is 0 Å². The Bertz CT molecular complexity index is 1470. The Morgan fingerprint density at radius 3 is 0.831 bits per heavy atom. The molecule has 444 valence electrons. The minimum absolute atomic E-state index is 0.0779. The molecule has 0 saturated heterocycles. The van der Waals surface area contributed by atoms with Crippen LogP contribution < -0.4 is 0 Å². The minimum atomic E-state index is -0.781. The normalized spacial score (nSPS) is 12.6. The molecule has 0 fully saturated rings. The minimum Gasteiger partial charge on any atom is -0.462 e. The zero-order chi connectivity index (χ0) is 55.7. The molecule has 0 aromatic heterocycles. The lowest BCUT2D eigenvalue weighted by molar-refractivity contribution is -0.167. The number of hydrogen-bond donors (Lipinski definition) is 0. The van der Waals surface area contributed by atoms with Gasteiger partial charge in [0.25, 0.3) is 0 Å². The summed E-state index contributed by atoms with van der Waals surface area (Å²) >= 11 is 0. The molecule has 0 saturated carbocycles. The van der Waals surface area contributed by atoms with Gasteiger partial charge in [0.1, 0.15) is 13.2 Å². The van der Waals surface area contributed by atoms with E-state index in [0.29, 0.717) is 19.3 Å². The molecule has 0 N–H and O–H groups in total. The summed E-state index contributed by atoms with van der Waals surface area (Å²) in [6.07, 6.45) is 85.9. The van der Waals surface area contributed by atoms with Crippen LogP contribution in [0.1, 0.15) is 329 Å². The lowest BCUT2D eigenvalue weighted by Gasteiger charge is -2.18. The Morgan fingerprint density at radius 2 is 0.519 bits per heavy atom. The van der Waals surface area contributed by atoms with Crippen LogP contribution in [0.3, 0.4) is 0 Å². The van der Waals surface area contributed by atoms with Gasteiger partial charge in [-0.05, 0) is 89.9 Å². The van der Waals surface area contributed by atoms with Crippen molar-refractivity contribution in [2.24, 2.45) is 0 Å². The predicted molar refractivity (Wildman–Crippen MR) is 334 cm³/mol. The number of esters is 3. The molecule has 0 aromatic rings. The summed E-state index contributed by atoms with van der Waals surface area (Å²) < 4.78 is 16.9. The third-order valence-corrected chi connectivity index (χ3v) is 14.4. The fourth-order valence-electron chi connectivity index (χ4n) is 9.43. The van der Waals surface area contributed by atoms with Crippen molar-refractivity contribution in [3.63, 3.8) is 0 Å². The standard InChI is InChI=1S/C71H124O6/c1-4-7-10-13-16-19-22-25-28-30-31-32-33-34-35-36-37-38-39-40-41-42-44-46-49-52-55-58-61-64-70(73)76-67-68(66-75-69(72)63-60-57-54-51-48-45-27-24-21-18-15-12-9-6-3)77-71(74)65-62-59-56-53-50-47-43-29-26-23-20-17-14-11-8-5-2/h7,10,15-16,18-19,24-25,27-28,31-32,34-35,68H,4-6,8-9,11-14,17,20-23,26,29-30,33,36-67H2,1-3H3/b10-7-,18-15-,19-16-,27-24-,28-25-,32-31-,35-34-. The van der Waals surface area contributed by atoms with Crippen LogP contribution in [0, 0.1) is 0 Å². The smallest absolute Gasteiger partial charge is 0.306 e. The Labute approximate surface area is 477 Å². The number of allylic oxidation sites excluding steroid dienone is 14. The third kappa shape index (κ3) is 63.3. The number of carbonyl (C=O) groups is 3. The van der Waals surface area contributed by atoms with E-state index in [1.807, 2.05) is 0 Å². The first-order chi connectivity index (χ1) is 38.0. The number of rotatable bonds is 60. The van der Waals surface area contributed by atoms with Gasteiger partial charge in [-0.2, -0.15) is 0 Å². The molecule has 1 atom stereocenters. The lowest BCUT2D eigenvalue weighted by atomic mass is 10.0. The molecule has 77 heavy (non-hydrogen) atoms. The number of ether oxygens (including phenoxy) is 3. The van der Waals surface area contributed by atoms with E-state index < -0.39 is 6.10 Å². The Hall–Kier alpha value is -3.41. The summed E-state index contributed by atoms with van der Waals surface area (Å²) in [4.78, 5) is 38.3. The zero-order valence-electron chi connectivity index (χ0n) is 51.0. The maximum atomic E-state index is 12.9. The van der Waals surface area contributed by atoms with Crippen molar-refractivity contribution < 1.29 is 28.6 Å². The highest BCUT2D eigenvalue weighted by Crippen LogP contribution is 2.17. The monoisotopic (exact) mass is 1070 g/mol. The van der Waals surface area contributed by atoms with Crippen molar-refractivity contribution >= 4 is 17.9 Å². The van der Waals surface area contributed by atoms with Crippen LogP contribution in [0.4, 0.5) is 0 Å². The van der Waals surface area contributed by atoms with Gasteiger partial charge in [0.15, 0.2) is 6.10 Å². The highest BCUT2D eigenvalue weighted by Gasteiger charge is 2.19. The van der Waals surface area contributed by atoms with E-state index in [-0.39, 0.29) is 31.1 Å². The van der Waals surface area contributed by atoms with Crippen LogP contribution in [-0.2, 0) is 28.6 Å². The zero-order valence-corrected chi connectivity index (χ0v) is 51.0. The molecule has 0 rings (SSSR count). The van der Waals surface area contributed by atoms with E-state index in [2.05, 4.69) is 106 Å². The summed E-state index contributed by atoms with van der Waals surface area (Å²) in [6, 6.07) is 0. The van der Waals surface area contributed by atoms with Crippen LogP contribution in [0.5, 0.6) is 0 Å². The van der Waals surface area contributed by atoms with Gasteiger partial charge in [-0.15, -0.1) is 0 Å². The highest BCUT2D eigenvalue weighted by molar-refractivity contribution is 5.71. The van der Waals surface area contributed by atoms with Gasteiger partial charge in [0, 0.05) is 19.3 Å². The molecule has 0 bridgehead atoms. The quantitative estimate of drug-likeness (QED) is 0.0261. The summed E-state index contributed by atoms with van der Waals surface area (Å²) in [5.41, 5.74) is 0. The van der Waals surface area contributed by atoms with Crippen molar-refractivity contribution in [1.29, 1.82) is 0 Å². The average molecular weight is 1070 g/mol. The molecule has 0 aromatic carbocycles. The molecule has 0 aliphatic carbocycles. The average Bonchev–Trinajstić information content (AvgIpc) is 3.43. The van der Waals surface area contributed by atoms with Crippen molar-refractivity contribution in [1.82, 2.24) is 0 Å². The van der Waals surface area contributed by atoms with E-state index in [0.717, 1.165) is 109 Å². The molecule has 0 aliphatic rings. The van der Waals surface area contributed by atoms with Crippen LogP contribution in [0.15, 0.2) is 85.1 Å². The predicted octanol–water partition coefficient (Wildman–Crippen LogP) is 22.7. The largest absolute Gasteiger partial charge is 0.462 e. The van der Waals surface area contributed by atoms with Crippen molar-refractivity contribution in [3.05, 3.63) is 85.1 Å². The first kappa shape index (κ1) is 73.6. The first-order valence-corrected chi connectivity index (χ1v) is 33.1. The topological polar surface area (TPSA) is 78.9 Å². The molecule has 1 unspecified atom stereocenters. The molecule has 0 aliphatic heterocycles. The molecule has 0 spiro atoms. The van der Waals surface area contributed by atoms with Gasteiger partial charge in [0.05, 0.1) is 0 Å². The van der Waals surface area contributed by atoms with Gasteiger partial charge in [0.2, 0.25) is 0 Å². The Balaban J connectivity index is 4.25. The number of unbranched alkanes of at least 4 members (excludes halogenated alkanes) is 35. The molecular formula is C71H124O6. The van der Waals surface area contributed by atoms with E-state index >= 15 is 0 Å². The lowest BCUT2D eigenvalue weighted by Crippen LogP contribution is -2.30. The second-order valence-corrected chi connectivity index (χ2v) is 22.0. The van der Waals surface area contributed by atoms with E-state index in [1.54, 1.807) is 0 Å². The SMILES string of the molecule is CC/C=C\C/C=C\C/C=C\C/C=C\C/C=C\CCCCCCCCCCCCCCCC(=O)OCC(COC(=O)CCCCCCC/C=C\C/C=C\CCCC)OC(=O)CCCCCCCCCCCCCCCCCC. The van der Waals surface area contributed by atoms with Crippen molar-refractivity contribution in [2.75, 3.05) is 13.2 Å². The summed E-state index contributed by atoms with van der Waals surface area (Å²) in [6.45, 7) is 6.51. The van der Waals surface area contributed by atoms with Gasteiger partial charge < -0.3 is 14.2 Å². The number of hydrogen-bond acceptors (Lipinski definition) is 6. The fourth-order valence-corrected chi connectivity index (χ4v) is 9.43. The molecule has 0 radical (unpaired) electrons. The van der Waals surface area contributed by atoms with E-state index in [9.17, 15) is 14.4 Å². The van der Waals surface area contributed by atoms with Crippen LogP contribution >= 0.6 is 0 Å². The van der Waals surface area contributed by atoms with Gasteiger partial charge in [-0.25, -0.2) is 0 Å². The van der Waals surface area contributed by atoms with Crippen molar-refractivity contribution in [2.45, 2.75) is 335 Å². The van der Waals surface area contributed by atoms with Gasteiger partial charge in [-0.3, -0.25) is 14.4 Å². The fraction of sp³-hybridized carbons (Fsp3) is 0.761. The third-order valence-electron chi connectivity index (χ3n) is 14.4. The van der Waals surface area contributed by atoms with E-state index in [4.69, 9.17) is 14.2 Å². The van der Waals surface area contributed by atoms with Gasteiger partial charge >= 0.3 is 17.9 Å². The molecular weight excluding hydrogens is 949 g/mol. The molecule has 0 heterocycles. The molecule has 6 nitrogen and oxygen atoms in total. The second-order valence-electron chi connectivity index (χ2n) is 22.0. The second kappa shape index (κ2) is 65.1. The summed E-state index contributed by atoms with van der Waals surface area (Å²) in [5, 5.41) is 0. The highest BCUT2D eigenvalue weighted by atomic mass is 16.6. The van der Waals surface area contributed by atoms with Crippen LogP contribution in [0.2, 0.25) is 0 Å². The summed E-state index contributed by atoms with van der Waals surface area (Å²) in [7, 11) is 0. The van der Waals surface area contributed by atoms with Crippen LogP contribution in [-0.4, -0.2) is 37.2 Å². The Morgan fingerprint density at radius 1 is 0.273 bits per heavy atom. The summed E-state index contributed by atoms with van der Waals surface area (Å²) in [5.74, 6) is -0.877. The van der Waals surface area contributed by atoms with E-state index in [1.165, 1.54) is 180 Å². The van der Waals surface area contributed by atoms with Crippen LogP contribution in [0.25, 0.3) is 0 Å². The first-order valence-electron chi connectivity index (χ1n) is 33.1. The molecule has 6 heteroatoms. The Kier molecular flexibility index (Phi) is 62.2. The number of carbonyl (C=O) groups excluding carboxylic acids is 3.